The maximum absolute atomic E-state index is 12.1. The van der Waals surface area contributed by atoms with Crippen LogP contribution in [0.15, 0.2) is 28.7 Å². The highest BCUT2D eigenvalue weighted by molar-refractivity contribution is 14.1. The molecular formula is C12H8BrClIN3O. The third kappa shape index (κ3) is 3.87. The minimum Gasteiger partial charge on any atom is -0.290 e. The highest BCUT2D eigenvalue weighted by Gasteiger charge is 2.12. The summed E-state index contributed by atoms with van der Waals surface area (Å²) < 4.78 is 1.68. The number of nitrogens with one attached hydrogen (secondary N) is 1. The first kappa shape index (κ1) is 14.7. The number of rotatable bonds is 2. The third-order valence-corrected chi connectivity index (χ3v) is 3.78. The van der Waals surface area contributed by atoms with Gasteiger partial charge in [0, 0.05) is 13.7 Å². The van der Waals surface area contributed by atoms with Gasteiger partial charge in [0.05, 0.1) is 5.56 Å². The molecule has 0 bridgehead atoms. The van der Waals surface area contributed by atoms with Crippen molar-refractivity contribution in [3.8, 4) is 0 Å². The maximum Gasteiger partial charge on any atom is 0.259 e. The number of carbonyl (C=O) groups is 1. The van der Waals surface area contributed by atoms with E-state index < -0.39 is 0 Å². The van der Waals surface area contributed by atoms with E-state index in [0.29, 0.717) is 20.9 Å². The van der Waals surface area contributed by atoms with Crippen LogP contribution in [0.3, 0.4) is 0 Å². The molecule has 1 aromatic heterocycles. The molecular weight excluding hydrogens is 444 g/mol. The number of halogens is 3. The molecule has 0 saturated carbocycles. The molecule has 7 heteroatoms. The minimum absolute atomic E-state index is 0.195. The topological polar surface area (TPSA) is 54.9 Å². The van der Waals surface area contributed by atoms with Gasteiger partial charge in [-0.15, -0.1) is 0 Å². The predicted molar refractivity (Wildman–Crippen MR) is 86.6 cm³/mol. The zero-order chi connectivity index (χ0) is 14.0. The smallest absolute Gasteiger partial charge is 0.259 e. The molecule has 19 heavy (non-hydrogen) atoms. The second-order valence-electron chi connectivity index (χ2n) is 3.73. The lowest BCUT2D eigenvalue weighted by Crippen LogP contribution is -2.15. The summed E-state index contributed by atoms with van der Waals surface area (Å²) in [5.74, 6) is -0.0900. The summed E-state index contributed by atoms with van der Waals surface area (Å²) in [5.41, 5.74) is 1.21. The van der Waals surface area contributed by atoms with Gasteiger partial charge in [-0.1, -0.05) is 11.6 Å². The highest BCUT2D eigenvalue weighted by atomic mass is 127. The molecule has 2 rings (SSSR count). The molecule has 1 amide bonds. The third-order valence-electron chi connectivity index (χ3n) is 2.22. The molecule has 1 aromatic carbocycles. The molecule has 1 N–H and O–H groups in total. The first-order valence-electron chi connectivity index (χ1n) is 5.23. The number of nitrogens with zero attached hydrogens (tertiary/aromatic N) is 2. The summed E-state index contributed by atoms with van der Waals surface area (Å²) in [6.45, 7) is 1.78. The summed E-state index contributed by atoms with van der Waals surface area (Å²) in [6.07, 6.45) is 0. The number of carbonyl (C=O) groups excluding carboxylic acids is 1. The molecule has 0 fully saturated rings. The summed E-state index contributed by atoms with van der Waals surface area (Å²) >= 11 is 11.3. The van der Waals surface area contributed by atoms with E-state index in [0.717, 1.165) is 3.57 Å². The number of hydrogen-bond acceptors (Lipinski definition) is 3. The van der Waals surface area contributed by atoms with Gasteiger partial charge in [0.25, 0.3) is 5.91 Å². The van der Waals surface area contributed by atoms with Gasteiger partial charge in [-0.25, -0.2) is 9.97 Å². The summed E-state index contributed by atoms with van der Waals surface area (Å²) in [5, 5.41) is 2.92. The largest absolute Gasteiger partial charge is 0.290 e. The Hall–Kier alpha value is -0.730. The lowest BCUT2D eigenvalue weighted by atomic mass is 10.2. The molecule has 0 saturated heterocycles. The van der Waals surface area contributed by atoms with Gasteiger partial charge in [-0.3, -0.25) is 10.1 Å². The Bertz CT molecular complexity index is 631. The van der Waals surface area contributed by atoms with E-state index in [1.54, 1.807) is 19.1 Å². The molecule has 0 unspecified atom stereocenters. The predicted octanol–water partition coefficient (Wildman–Crippen LogP) is 4.06. The van der Waals surface area contributed by atoms with Crippen molar-refractivity contribution >= 4 is 62.0 Å². The summed E-state index contributed by atoms with van der Waals surface area (Å²) in [4.78, 5) is 20.2. The lowest BCUT2D eigenvalue weighted by Gasteiger charge is -2.07. The summed E-state index contributed by atoms with van der Waals surface area (Å²) in [6, 6.07) is 7.12. The van der Waals surface area contributed by atoms with E-state index in [-0.39, 0.29) is 11.9 Å². The zero-order valence-electron chi connectivity index (χ0n) is 9.75. The molecule has 98 valence electrons. The average Bonchev–Trinajstić information content (AvgIpc) is 2.30. The van der Waals surface area contributed by atoms with Crippen LogP contribution in [0.2, 0.25) is 5.15 Å². The van der Waals surface area contributed by atoms with E-state index in [1.807, 2.05) is 12.1 Å². The van der Waals surface area contributed by atoms with Crippen molar-refractivity contribution in [2.45, 2.75) is 6.92 Å². The molecule has 0 spiro atoms. The van der Waals surface area contributed by atoms with Crippen LogP contribution in [0.4, 0.5) is 5.95 Å². The van der Waals surface area contributed by atoms with Crippen LogP contribution in [-0.4, -0.2) is 15.9 Å². The van der Waals surface area contributed by atoms with Crippen LogP contribution in [0, 0.1) is 10.5 Å². The molecule has 0 atom stereocenters. The van der Waals surface area contributed by atoms with Crippen molar-refractivity contribution in [1.29, 1.82) is 0 Å². The van der Waals surface area contributed by atoms with Crippen LogP contribution < -0.4 is 5.32 Å². The van der Waals surface area contributed by atoms with Gasteiger partial charge in [-0.2, -0.15) is 0 Å². The Morgan fingerprint density at radius 2 is 2.11 bits per heavy atom. The van der Waals surface area contributed by atoms with Gasteiger partial charge < -0.3 is 0 Å². The number of amides is 1. The first-order chi connectivity index (χ1) is 8.95. The average molecular weight is 452 g/mol. The number of aryl methyl sites for hydroxylation is 1. The normalized spacial score (nSPS) is 10.3. The van der Waals surface area contributed by atoms with Crippen molar-refractivity contribution in [3.63, 3.8) is 0 Å². The highest BCUT2D eigenvalue weighted by Crippen LogP contribution is 2.20. The Kier molecular flexibility index (Phi) is 4.75. The molecule has 0 aliphatic carbocycles. The van der Waals surface area contributed by atoms with Crippen molar-refractivity contribution < 1.29 is 4.79 Å². The maximum atomic E-state index is 12.1. The van der Waals surface area contributed by atoms with E-state index in [1.165, 1.54) is 0 Å². The van der Waals surface area contributed by atoms with Gasteiger partial charge in [0.1, 0.15) is 5.15 Å². The molecule has 2 aromatic rings. The fourth-order valence-electron chi connectivity index (χ4n) is 1.43. The van der Waals surface area contributed by atoms with Gasteiger partial charge in [0.2, 0.25) is 5.95 Å². The second kappa shape index (κ2) is 6.15. The number of benzene rings is 1. The Labute approximate surface area is 137 Å². The van der Waals surface area contributed by atoms with Crippen LogP contribution in [0.1, 0.15) is 16.1 Å². The fourth-order valence-corrected chi connectivity index (χ4v) is 2.58. The van der Waals surface area contributed by atoms with Crippen LogP contribution >= 0.6 is 50.1 Å². The first-order valence-corrected chi connectivity index (χ1v) is 7.48. The van der Waals surface area contributed by atoms with Crippen molar-refractivity contribution in [1.82, 2.24) is 9.97 Å². The van der Waals surface area contributed by atoms with E-state index in [9.17, 15) is 4.79 Å². The SMILES string of the molecule is Cc1cc(Cl)nc(NC(=O)c2cc(I)ccc2Br)n1. The minimum atomic E-state index is -0.285. The van der Waals surface area contributed by atoms with E-state index in [2.05, 4.69) is 53.8 Å². The Balaban J connectivity index is 2.28. The Morgan fingerprint density at radius 1 is 1.37 bits per heavy atom. The van der Waals surface area contributed by atoms with Crippen molar-refractivity contribution in [2.75, 3.05) is 5.32 Å². The monoisotopic (exact) mass is 451 g/mol. The van der Waals surface area contributed by atoms with Crippen LogP contribution in [0.5, 0.6) is 0 Å². The molecule has 0 radical (unpaired) electrons. The van der Waals surface area contributed by atoms with E-state index in [4.69, 9.17) is 11.6 Å². The molecule has 4 nitrogen and oxygen atoms in total. The molecule has 1 heterocycles. The van der Waals surface area contributed by atoms with Gasteiger partial charge in [-0.05, 0) is 69.7 Å². The summed E-state index contributed by atoms with van der Waals surface area (Å²) in [7, 11) is 0. The second-order valence-corrected chi connectivity index (χ2v) is 6.22. The molecule has 0 aliphatic heterocycles. The number of aromatic nitrogens is 2. The van der Waals surface area contributed by atoms with Crippen LogP contribution in [-0.2, 0) is 0 Å². The number of anilines is 1. The van der Waals surface area contributed by atoms with Gasteiger partial charge >= 0.3 is 0 Å². The lowest BCUT2D eigenvalue weighted by molar-refractivity contribution is 0.102. The van der Waals surface area contributed by atoms with E-state index >= 15 is 0 Å². The van der Waals surface area contributed by atoms with Crippen molar-refractivity contribution in [2.24, 2.45) is 0 Å². The quantitative estimate of drug-likeness (QED) is 0.553. The number of hydrogen-bond donors (Lipinski definition) is 1. The van der Waals surface area contributed by atoms with Crippen LogP contribution in [0.25, 0.3) is 0 Å². The fraction of sp³-hybridized carbons (Fsp3) is 0.0833. The standard InChI is InChI=1S/C12H8BrClIN3O/c1-6-4-10(14)17-12(16-6)18-11(19)8-5-7(15)2-3-9(8)13/h2-5H,1H3,(H,16,17,18,19). The molecule has 0 aliphatic rings. The Morgan fingerprint density at radius 3 is 2.79 bits per heavy atom. The zero-order valence-corrected chi connectivity index (χ0v) is 14.2. The van der Waals surface area contributed by atoms with Gasteiger partial charge in [0.15, 0.2) is 0 Å². The van der Waals surface area contributed by atoms with Crippen molar-refractivity contribution in [3.05, 3.63) is 48.7 Å².